The SMILES string of the molecule is C[C@@]1(c2cc(=O)c(C(F)(F)F)c[nH]2)C(=O)Nc2nc(-c3cn4ccnc4c(Cc4ccccc4F)n3)nc(N)c21. The van der Waals surface area contributed by atoms with Gasteiger partial charge >= 0.3 is 6.18 Å². The van der Waals surface area contributed by atoms with Crippen LogP contribution in [-0.2, 0) is 22.8 Å². The van der Waals surface area contributed by atoms with E-state index in [2.05, 4.69) is 30.2 Å². The average molecular weight is 550 g/mol. The van der Waals surface area contributed by atoms with E-state index in [1.54, 1.807) is 41.2 Å². The van der Waals surface area contributed by atoms with Gasteiger partial charge < -0.3 is 20.4 Å². The summed E-state index contributed by atoms with van der Waals surface area (Å²) in [4.78, 5) is 45.5. The molecule has 1 aliphatic rings. The largest absolute Gasteiger partial charge is 0.421 e. The topological polar surface area (TPSA) is 144 Å². The second-order valence-electron chi connectivity index (χ2n) is 9.36. The van der Waals surface area contributed by atoms with Gasteiger partial charge in [-0.15, -0.1) is 0 Å². The highest BCUT2D eigenvalue weighted by molar-refractivity contribution is 6.08. The second kappa shape index (κ2) is 8.69. The van der Waals surface area contributed by atoms with Crippen LogP contribution in [0.5, 0.6) is 0 Å². The van der Waals surface area contributed by atoms with E-state index < -0.39 is 34.3 Å². The zero-order valence-corrected chi connectivity index (χ0v) is 20.5. The second-order valence-corrected chi connectivity index (χ2v) is 9.36. The van der Waals surface area contributed by atoms with Crippen LogP contribution in [0.2, 0.25) is 0 Å². The van der Waals surface area contributed by atoms with E-state index >= 15 is 0 Å². The minimum Gasteiger partial charge on any atom is -0.383 e. The molecule has 1 aromatic carbocycles. The first-order chi connectivity index (χ1) is 19.0. The van der Waals surface area contributed by atoms with Crippen LogP contribution in [0.1, 0.15) is 35.0 Å². The van der Waals surface area contributed by atoms with Crippen molar-refractivity contribution in [3.05, 3.63) is 99.2 Å². The van der Waals surface area contributed by atoms with E-state index in [9.17, 15) is 27.2 Å². The number of halogens is 4. The molecule has 0 aliphatic carbocycles. The third-order valence-electron chi connectivity index (χ3n) is 6.87. The number of amides is 1. The van der Waals surface area contributed by atoms with Crippen LogP contribution in [0, 0.1) is 5.82 Å². The molecule has 5 aromatic rings. The molecule has 5 heterocycles. The van der Waals surface area contributed by atoms with E-state index in [0.717, 1.165) is 0 Å². The molecule has 6 rings (SSSR count). The molecule has 0 bridgehead atoms. The Labute approximate surface area is 222 Å². The Bertz CT molecular complexity index is 1900. The fourth-order valence-corrected chi connectivity index (χ4v) is 4.81. The molecule has 10 nitrogen and oxygen atoms in total. The Kier molecular flexibility index (Phi) is 5.47. The Morgan fingerprint density at radius 2 is 1.90 bits per heavy atom. The molecule has 1 aliphatic heterocycles. The van der Waals surface area contributed by atoms with Gasteiger partial charge in [0.25, 0.3) is 0 Å². The average Bonchev–Trinajstić information content (AvgIpc) is 3.47. The number of aromatic amines is 1. The van der Waals surface area contributed by atoms with Crippen molar-refractivity contribution in [2.24, 2.45) is 0 Å². The number of aromatic nitrogens is 6. The predicted octanol–water partition coefficient (Wildman–Crippen LogP) is 3.46. The van der Waals surface area contributed by atoms with Crippen LogP contribution in [0.25, 0.3) is 17.2 Å². The van der Waals surface area contributed by atoms with Gasteiger partial charge in [0.1, 0.15) is 34.1 Å². The standard InChI is InChI=1S/C26H18F4N8O2/c1-25(18-9-17(39)13(10-33-18)26(28,29)30)19-20(31)35-21(36-22(19)37-24(25)40)16-11-38-7-6-32-23(38)15(34-16)8-12-4-2-3-5-14(12)27/h2-7,9-11H,8H2,1H3,(H,33,39)(H3,31,35,36,37,40)/t25-/m0/s1. The molecule has 40 heavy (non-hydrogen) atoms. The Morgan fingerprint density at radius 3 is 2.62 bits per heavy atom. The summed E-state index contributed by atoms with van der Waals surface area (Å²) in [5.74, 6) is -1.18. The van der Waals surface area contributed by atoms with Crippen molar-refractivity contribution in [3.63, 3.8) is 0 Å². The lowest BCUT2D eigenvalue weighted by Gasteiger charge is -2.23. The normalized spacial score (nSPS) is 16.8. The first-order valence-corrected chi connectivity index (χ1v) is 11.8. The number of nitrogen functional groups attached to an aromatic ring is 1. The lowest BCUT2D eigenvalue weighted by molar-refractivity contribution is -0.138. The van der Waals surface area contributed by atoms with E-state index in [4.69, 9.17) is 5.73 Å². The number of carbonyl (C=O) groups is 1. The summed E-state index contributed by atoms with van der Waals surface area (Å²) >= 11 is 0. The van der Waals surface area contributed by atoms with Crippen LogP contribution < -0.4 is 16.5 Å². The number of nitrogens with one attached hydrogen (secondary N) is 2. The lowest BCUT2D eigenvalue weighted by atomic mass is 9.80. The van der Waals surface area contributed by atoms with Crippen LogP contribution in [0.3, 0.4) is 0 Å². The number of fused-ring (bicyclic) bond motifs is 2. The van der Waals surface area contributed by atoms with Crippen molar-refractivity contribution in [2.45, 2.75) is 24.9 Å². The van der Waals surface area contributed by atoms with Gasteiger partial charge in [-0.3, -0.25) is 9.59 Å². The molecule has 1 amide bonds. The predicted molar refractivity (Wildman–Crippen MR) is 135 cm³/mol. The monoisotopic (exact) mass is 550 g/mol. The minimum atomic E-state index is -4.87. The van der Waals surface area contributed by atoms with Gasteiger partial charge in [-0.1, -0.05) is 18.2 Å². The number of nitrogens with zero attached hydrogens (tertiary/aromatic N) is 5. The number of hydrogen-bond acceptors (Lipinski definition) is 7. The molecule has 4 N–H and O–H groups in total. The van der Waals surface area contributed by atoms with Gasteiger partial charge in [0.05, 0.1) is 11.3 Å². The van der Waals surface area contributed by atoms with Crippen molar-refractivity contribution in [1.82, 2.24) is 29.3 Å². The summed E-state index contributed by atoms with van der Waals surface area (Å²) in [6, 6.07) is 6.98. The Hall–Kier alpha value is -5.14. The van der Waals surface area contributed by atoms with Crippen molar-refractivity contribution in [3.8, 4) is 11.5 Å². The van der Waals surface area contributed by atoms with Gasteiger partial charge in [-0.05, 0) is 18.6 Å². The zero-order chi connectivity index (χ0) is 28.4. The van der Waals surface area contributed by atoms with Gasteiger partial charge in [-0.25, -0.2) is 24.3 Å². The van der Waals surface area contributed by atoms with Gasteiger partial charge in [-0.2, -0.15) is 13.2 Å². The maximum Gasteiger partial charge on any atom is 0.421 e. The Balaban J connectivity index is 1.45. The molecule has 0 saturated heterocycles. The van der Waals surface area contributed by atoms with Crippen LogP contribution in [0.4, 0.5) is 29.2 Å². The number of nitrogens with two attached hydrogens (primary N) is 1. The minimum absolute atomic E-state index is 0.0129. The number of benzene rings is 1. The Morgan fingerprint density at radius 1 is 1.12 bits per heavy atom. The summed E-state index contributed by atoms with van der Waals surface area (Å²) in [6.45, 7) is 1.40. The number of hydrogen-bond donors (Lipinski definition) is 3. The molecule has 0 unspecified atom stereocenters. The highest BCUT2D eigenvalue weighted by Gasteiger charge is 2.49. The molecule has 0 radical (unpaired) electrons. The van der Waals surface area contributed by atoms with E-state index in [0.29, 0.717) is 29.2 Å². The van der Waals surface area contributed by atoms with Crippen LogP contribution in [-0.4, -0.2) is 35.2 Å². The molecule has 202 valence electrons. The number of alkyl halides is 3. The van der Waals surface area contributed by atoms with Gasteiger partial charge in [0.2, 0.25) is 5.91 Å². The quantitative estimate of drug-likeness (QED) is 0.291. The lowest BCUT2D eigenvalue weighted by Crippen LogP contribution is -2.35. The summed E-state index contributed by atoms with van der Waals surface area (Å²) in [6.07, 6.45) is 0.590. The summed E-state index contributed by atoms with van der Waals surface area (Å²) in [5, 5.41) is 2.59. The van der Waals surface area contributed by atoms with Crippen molar-refractivity contribution in [1.29, 1.82) is 0 Å². The first-order valence-electron chi connectivity index (χ1n) is 11.8. The first kappa shape index (κ1) is 25.2. The van der Waals surface area contributed by atoms with E-state index in [1.807, 2.05) is 0 Å². The van der Waals surface area contributed by atoms with Crippen LogP contribution >= 0.6 is 0 Å². The fraction of sp³-hybridized carbons (Fsp3) is 0.154. The third-order valence-corrected chi connectivity index (χ3v) is 6.87. The van der Waals surface area contributed by atoms with Crippen molar-refractivity contribution < 1.29 is 22.4 Å². The molecule has 0 fully saturated rings. The number of pyridine rings is 1. The maximum atomic E-state index is 14.4. The van der Waals surface area contributed by atoms with E-state index in [1.165, 1.54) is 13.0 Å². The third kappa shape index (κ3) is 3.87. The number of imidazole rings is 1. The maximum absolute atomic E-state index is 14.4. The summed E-state index contributed by atoms with van der Waals surface area (Å²) in [7, 11) is 0. The number of rotatable bonds is 4. The zero-order valence-electron chi connectivity index (χ0n) is 20.5. The van der Waals surface area contributed by atoms with Crippen LogP contribution in [0.15, 0.2) is 59.9 Å². The summed E-state index contributed by atoms with van der Waals surface area (Å²) < 4.78 is 55.4. The molecule has 4 aromatic heterocycles. The molecular weight excluding hydrogens is 532 g/mol. The van der Waals surface area contributed by atoms with Gasteiger partial charge in [0.15, 0.2) is 16.9 Å². The highest BCUT2D eigenvalue weighted by atomic mass is 19.4. The van der Waals surface area contributed by atoms with E-state index in [-0.39, 0.29) is 40.8 Å². The molecule has 0 spiro atoms. The number of H-pyrrole nitrogens is 1. The number of carbonyl (C=O) groups excluding carboxylic acids is 1. The fourth-order valence-electron chi connectivity index (χ4n) is 4.81. The molecule has 14 heteroatoms. The molecular formula is C26H18F4N8O2. The summed E-state index contributed by atoms with van der Waals surface area (Å²) in [5.41, 5.74) is 3.45. The number of anilines is 2. The van der Waals surface area contributed by atoms with Crippen molar-refractivity contribution in [2.75, 3.05) is 11.1 Å². The van der Waals surface area contributed by atoms with Gasteiger partial charge in [0, 0.05) is 43.0 Å². The molecule has 1 atom stereocenters. The highest BCUT2D eigenvalue weighted by Crippen LogP contribution is 2.44. The molecule has 0 saturated carbocycles. The smallest absolute Gasteiger partial charge is 0.383 e. The van der Waals surface area contributed by atoms with Crippen molar-refractivity contribution >= 4 is 23.2 Å².